The maximum Gasteiger partial charge on any atom is 0.264 e. The molecule has 3 N–H and O–H groups in total. The maximum absolute atomic E-state index is 11.8. The molecule has 2 aromatic rings. The average molecular weight is 289 g/mol. The van der Waals surface area contributed by atoms with Gasteiger partial charge in [-0.3, -0.25) is 10.1 Å². The van der Waals surface area contributed by atoms with Gasteiger partial charge in [0, 0.05) is 10.6 Å². The molecule has 1 aliphatic carbocycles. The fraction of sp³-hybridized carbons (Fsp3) is 0.286. The molecule has 0 aliphatic heterocycles. The molecule has 0 bridgehead atoms. The van der Waals surface area contributed by atoms with Crippen LogP contribution >= 0.6 is 11.3 Å². The second-order valence-electron chi connectivity index (χ2n) is 4.65. The van der Waals surface area contributed by atoms with Crippen molar-refractivity contribution in [2.24, 2.45) is 0 Å². The lowest BCUT2D eigenvalue weighted by Gasteiger charge is -2.05. The van der Waals surface area contributed by atoms with Gasteiger partial charge in [0.05, 0.1) is 5.69 Å². The second-order valence-corrected chi connectivity index (χ2v) is 5.73. The molecule has 0 unspecified atom stereocenters. The Kier molecular flexibility index (Phi) is 3.56. The Morgan fingerprint density at radius 2 is 2.15 bits per heavy atom. The van der Waals surface area contributed by atoms with Gasteiger partial charge in [-0.15, -0.1) is 11.3 Å². The summed E-state index contributed by atoms with van der Waals surface area (Å²) in [6.07, 6.45) is 3.26. The highest BCUT2D eigenvalue weighted by Crippen LogP contribution is 2.30. The van der Waals surface area contributed by atoms with Gasteiger partial charge in [-0.25, -0.2) is 4.98 Å². The van der Waals surface area contributed by atoms with Crippen molar-refractivity contribution in [3.8, 4) is 5.75 Å². The number of thiazole rings is 1. The minimum absolute atomic E-state index is 0.0336. The summed E-state index contributed by atoms with van der Waals surface area (Å²) in [7, 11) is 0. The van der Waals surface area contributed by atoms with Gasteiger partial charge in [0.15, 0.2) is 11.7 Å². The summed E-state index contributed by atoms with van der Waals surface area (Å²) in [6, 6.07) is 6.94. The van der Waals surface area contributed by atoms with Crippen LogP contribution < -0.4 is 15.8 Å². The van der Waals surface area contributed by atoms with Crippen molar-refractivity contribution in [3.05, 3.63) is 34.8 Å². The van der Waals surface area contributed by atoms with Crippen molar-refractivity contribution >= 4 is 28.1 Å². The molecule has 5 nitrogen and oxygen atoms in total. The number of benzene rings is 1. The molecule has 0 saturated carbocycles. The number of carbonyl (C=O) groups is 1. The molecule has 0 radical (unpaired) electrons. The number of anilines is 2. The Morgan fingerprint density at radius 3 is 2.90 bits per heavy atom. The molecule has 1 aliphatic rings. The lowest BCUT2D eigenvalue weighted by Crippen LogP contribution is -2.20. The summed E-state index contributed by atoms with van der Waals surface area (Å²) >= 11 is 1.56. The van der Waals surface area contributed by atoms with E-state index in [-0.39, 0.29) is 12.5 Å². The number of fused-ring (bicyclic) bond motifs is 1. The molecular weight excluding hydrogens is 274 g/mol. The van der Waals surface area contributed by atoms with Crippen LogP contribution in [0.25, 0.3) is 0 Å². The Labute approximate surface area is 120 Å². The average Bonchev–Trinajstić information content (AvgIpc) is 2.99. The number of nitrogen functional groups attached to an aromatic ring is 1. The van der Waals surface area contributed by atoms with Crippen LogP contribution in [0, 0.1) is 0 Å². The van der Waals surface area contributed by atoms with Crippen molar-refractivity contribution < 1.29 is 9.53 Å². The van der Waals surface area contributed by atoms with E-state index in [0.717, 1.165) is 18.5 Å². The second kappa shape index (κ2) is 5.50. The van der Waals surface area contributed by atoms with Crippen LogP contribution in [0.5, 0.6) is 5.75 Å². The first kappa shape index (κ1) is 12.9. The fourth-order valence-electron chi connectivity index (χ4n) is 2.11. The lowest BCUT2D eigenvalue weighted by molar-refractivity contribution is -0.118. The van der Waals surface area contributed by atoms with E-state index in [2.05, 4.69) is 10.3 Å². The molecule has 1 amide bonds. The first-order valence-electron chi connectivity index (χ1n) is 6.47. The van der Waals surface area contributed by atoms with E-state index >= 15 is 0 Å². The molecule has 1 aromatic heterocycles. The van der Waals surface area contributed by atoms with Crippen molar-refractivity contribution in [1.82, 2.24) is 4.98 Å². The smallest absolute Gasteiger partial charge is 0.264 e. The molecule has 6 heteroatoms. The lowest BCUT2D eigenvalue weighted by atomic mass is 10.3. The normalized spacial score (nSPS) is 13.0. The number of nitrogens with one attached hydrogen (secondary N) is 1. The summed E-state index contributed by atoms with van der Waals surface area (Å²) in [5.41, 5.74) is 7.37. The molecule has 0 saturated heterocycles. The number of aryl methyl sites for hydroxylation is 2. The Hall–Kier alpha value is -2.08. The van der Waals surface area contributed by atoms with Crippen LogP contribution in [0.3, 0.4) is 0 Å². The summed E-state index contributed by atoms with van der Waals surface area (Å²) in [5, 5.41) is 3.44. The number of nitrogens with two attached hydrogens (primary N) is 1. The van der Waals surface area contributed by atoms with Crippen LogP contribution in [-0.4, -0.2) is 17.5 Å². The summed E-state index contributed by atoms with van der Waals surface area (Å²) < 4.78 is 5.38. The molecule has 104 valence electrons. The van der Waals surface area contributed by atoms with Gasteiger partial charge in [0.1, 0.15) is 5.75 Å². The zero-order chi connectivity index (χ0) is 13.9. The zero-order valence-electron chi connectivity index (χ0n) is 10.9. The first-order chi connectivity index (χ1) is 9.70. The predicted molar refractivity (Wildman–Crippen MR) is 79.1 cm³/mol. The monoisotopic (exact) mass is 289 g/mol. The number of aromatic nitrogens is 1. The number of ether oxygens (including phenoxy) is 1. The van der Waals surface area contributed by atoms with E-state index < -0.39 is 0 Å². The SMILES string of the molecule is Nc1ccc(OCC(=O)Nc2nc3c(s2)CCC3)cc1. The van der Waals surface area contributed by atoms with E-state index in [1.807, 2.05) is 0 Å². The molecule has 3 rings (SSSR count). The van der Waals surface area contributed by atoms with Crippen molar-refractivity contribution in [1.29, 1.82) is 0 Å². The van der Waals surface area contributed by atoms with E-state index in [9.17, 15) is 4.79 Å². The van der Waals surface area contributed by atoms with Crippen LogP contribution in [0.15, 0.2) is 24.3 Å². The third kappa shape index (κ3) is 2.91. The van der Waals surface area contributed by atoms with Gasteiger partial charge in [-0.05, 0) is 43.5 Å². The maximum atomic E-state index is 11.8. The summed E-state index contributed by atoms with van der Waals surface area (Å²) in [4.78, 5) is 17.5. The molecule has 0 atom stereocenters. The summed E-state index contributed by atoms with van der Waals surface area (Å²) in [6.45, 7) is -0.0336. The third-order valence-electron chi connectivity index (χ3n) is 3.09. The highest BCUT2D eigenvalue weighted by atomic mass is 32.1. The van der Waals surface area contributed by atoms with Crippen molar-refractivity contribution in [3.63, 3.8) is 0 Å². The molecule has 1 heterocycles. The summed E-state index contributed by atoms with van der Waals surface area (Å²) in [5.74, 6) is 0.422. The van der Waals surface area contributed by atoms with Crippen LogP contribution in [0.2, 0.25) is 0 Å². The van der Waals surface area contributed by atoms with Gasteiger partial charge in [-0.1, -0.05) is 0 Å². The van der Waals surface area contributed by atoms with Gasteiger partial charge in [0.2, 0.25) is 0 Å². The minimum atomic E-state index is -0.200. The zero-order valence-corrected chi connectivity index (χ0v) is 11.7. The number of carbonyl (C=O) groups excluding carboxylic acids is 1. The largest absolute Gasteiger partial charge is 0.484 e. The van der Waals surface area contributed by atoms with E-state index in [4.69, 9.17) is 10.5 Å². The minimum Gasteiger partial charge on any atom is -0.484 e. The van der Waals surface area contributed by atoms with Crippen LogP contribution in [0.1, 0.15) is 17.0 Å². The molecule has 0 fully saturated rings. The highest BCUT2D eigenvalue weighted by Gasteiger charge is 2.17. The first-order valence-corrected chi connectivity index (χ1v) is 7.29. The van der Waals surface area contributed by atoms with Gasteiger partial charge in [-0.2, -0.15) is 0 Å². The van der Waals surface area contributed by atoms with E-state index in [0.29, 0.717) is 16.6 Å². The number of rotatable bonds is 4. The Morgan fingerprint density at radius 1 is 1.35 bits per heavy atom. The molecule has 20 heavy (non-hydrogen) atoms. The number of nitrogens with zero attached hydrogens (tertiary/aromatic N) is 1. The van der Waals surface area contributed by atoms with Crippen molar-refractivity contribution in [2.75, 3.05) is 17.7 Å². The number of hydrogen-bond donors (Lipinski definition) is 2. The molecule has 1 aromatic carbocycles. The number of hydrogen-bond acceptors (Lipinski definition) is 5. The highest BCUT2D eigenvalue weighted by molar-refractivity contribution is 7.15. The van der Waals surface area contributed by atoms with Crippen LogP contribution in [0.4, 0.5) is 10.8 Å². The standard InChI is InChI=1S/C14H15N3O2S/c15-9-4-6-10(7-5-9)19-8-13(18)17-14-16-11-2-1-3-12(11)20-14/h4-7H,1-3,8,15H2,(H,16,17,18). The van der Waals surface area contributed by atoms with Gasteiger partial charge < -0.3 is 10.5 Å². The van der Waals surface area contributed by atoms with Crippen LogP contribution in [-0.2, 0) is 17.6 Å². The Balaban J connectivity index is 1.53. The van der Waals surface area contributed by atoms with Gasteiger partial charge >= 0.3 is 0 Å². The Bertz CT molecular complexity index is 600. The van der Waals surface area contributed by atoms with Crippen molar-refractivity contribution in [2.45, 2.75) is 19.3 Å². The van der Waals surface area contributed by atoms with Gasteiger partial charge in [0.25, 0.3) is 5.91 Å². The third-order valence-corrected chi connectivity index (χ3v) is 4.16. The van der Waals surface area contributed by atoms with E-state index in [1.165, 1.54) is 11.3 Å². The topological polar surface area (TPSA) is 77.2 Å². The fourth-order valence-corrected chi connectivity index (χ4v) is 3.18. The predicted octanol–water partition coefficient (Wildman–Crippen LogP) is 2.23. The quantitative estimate of drug-likeness (QED) is 0.846. The van der Waals surface area contributed by atoms with E-state index in [1.54, 1.807) is 35.6 Å². The molecular formula is C14H15N3O2S. The number of amides is 1. The molecule has 0 spiro atoms.